The van der Waals surface area contributed by atoms with Crippen LogP contribution in [-0.4, -0.2) is 18.2 Å². The summed E-state index contributed by atoms with van der Waals surface area (Å²) in [6, 6.07) is 10.7. The lowest BCUT2D eigenvalue weighted by Crippen LogP contribution is -2.25. The molecule has 2 aromatic rings. The van der Waals surface area contributed by atoms with Gasteiger partial charge in [0.2, 0.25) is 0 Å². The Morgan fingerprint density at radius 3 is 2.67 bits per heavy atom. The number of benzene rings is 1. The van der Waals surface area contributed by atoms with Gasteiger partial charge in [-0.15, -0.1) is 11.3 Å². The van der Waals surface area contributed by atoms with Gasteiger partial charge in [0.1, 0.15) is 5.75 Å². The van der Waals surface area contributed by atoms with E-state index >= 15 is 0 Å². The quantitative estimate of drug-likeness (QED) is 0.621. The minimum Gasteiger partial charge on any atom is -0.484 e. The first kappa shape index (κ1) is 16.0. The van der Waals surface area contributed by atoms with E-state index in [9.17, 15) is 4.79 Å². The first-order valence-electron chi connectivity index (χ1n) is 6.02. The molecule has 2 rings (SSSR count). The lowest BCUT2D eigenvalue weighted by atomic mass is 10.3. The number of carbonyl (C=O) groups excluding carboxylic acids is 1. The van der Waals surface area contributed by atoms with Crippen molar-refractivity contribution in [2.24, 2.45) is 5.10 Å². The van der Waals surface area contributed by atoms with Crippen LogP contribution in [0.2, 0.25) is 5.02 Å². The van der Waals surface area contributed by atoms with E-state index in [1.54, 1.807) is 35.6 Å². The Hall–Kier alpha value is -1.37. The van der Waals surface area contributed by atoms with E-state index in [0.717, 1.165) is 14.4 Å². The van der Waals surface area contributed by atoms with Crippen LogP contribution in [-0.2, 0) is 4.79 Å². The summed E-state index contributed by atoms with van der Waals surface area (Å²) in [6.07, 6.45) is 0. The van der Waals surface area contributed by atoms with Gasteiger partial charge in [0.05, 0.1) is 14.4 Å². The molecule has 0 saturated heterocycles. The second-order valence-corrected chi connectivity index (χ2v) is 6.98. The van der Waals surface area contributed by atoms with Gasteiger partial charge >= 0.3 is 0 Å². The summed E-state index contributed by atoms with van der Waals surface area (Å²) in [7, 11) is 0. The number of carbonyl (C=O) groups is 1. The van der Waals surface area contributed by atoms with E-state index in [0.29, 0.717) is 10.8 Å². The van der Waals surface area contributed by atoms with E-state index in [1.807, 2.05) is 19.1 Å². The molecule has 1 N–H and O–H groups in total. The normalized spacial score (nSPS) is 11.3. The van der Waals surface area contributed by atoms with Crippen LogP contribution in [0.25, 0.3) is 0 Å². The number of rotatable bonds is 5. The van der Waals surface area contributed by atoms with Crippen molar-refractivity contribution < 1.29 is 9.53 Å². The third kappa shape index (κ3) is 5.15. The second-order valence-electron chi connectivity index (χ2n) is 4.08. The molecule has 0 aliphatic heterocycles. The fourth-order valence-corrected chi connectivity index (χ4v) is 2.88. The molecule has 0 saturated carbocycles. The van der Waals surface area contributed by atoms with Gasteiger partial charge in [0.15, 0.2) is 6.61 Å². The third-order valence-electron chi connectivity index (χ3n) is 2.46. The van der Waals surface area contributed by atoms with Crippen molar-refractivity contribution in [1.82, 2.24) is 5.43 Å². The van der Waals surface area contributed by atoms with Crippen LogP contribution in [0.15, 0.2) is 45.3 Å². The molecule has 1 aromatic carbocycles. The van der Waals surface area contributed by atoms with Crippen molar-refractivity contribution >= 4 is 50.5 Å². The van der Waals surface area contributed by atoms with Crippen LogP contribution in [0, 0.1) is 0 Å². The first-order valence-corrected chi connectivity index (χ1v) is 8.00. The molecular formula is C14H12BrClN2O2S. The van der Waals surface area contributed by atoms with Gasteiger partial charge in [0.25, 0.3) is 5.91 Å². The topological polar surface area (TPSA) is 50.7 Å². The highest BCUT2D eigenvalue weighted by molar-refractivity contribution is 9.11. The predicted octanol–water partition coefficient (Wildman–Crippen LogP) is 4.08. The standard InChI is InChI=1S/C14H12BrClN2O2S/c1-9(12-6-7-13(15)21-12)17-18-14(19)8-20-11-4-2-10(16)3-5-11/h2-7H,8H2,1H3,(H,18,19)/b17-9-. The molecule has 1 amide bonds. The van der Waals surface area contributed by atoms with Crippen LogP contribution in [0.3, 0.4) is 0 Å². The average molecular weight is 388 g/mol. The number of thiophene rings is 1. The number of hydrogen-bond donors (Lipinski definition) is 1. The molecule has 0 radical (unpaired) electrons. The Morgan fingerprint density at radius 1 is 1.33 bits per heavy atom. The van der Waals surface area contributed by atoms with E-state index in [4.69, 9.17) is 16.3 Å². The zero-order chi connectivity index (χ0) is 15.2. The molecule has 4 nitrogen and oxygen atoms in total. The molecule has 7 heteroatoms. The van der Waals surface area contributed by atoms with E-state index in [1.165, 1.54) is 0 Å². The van der Waals surface area contributed by atoms with Gasteiger partial charge in [-0.1, -0.05) is 11.6 Å². The molecule has 1 heterocycles. The molecular weight excluding hydrogens is 376 g/mol. The maximum absolute atomic E-state index is 11.6. The summed E-state index contributed by atoms with van der Waals surface area (Å²) >= 11 is 10.7. The van der Waals surface area contributed by atoms with Crippen LogP contribution >= 0.6 is 38.9 Å². The summed E-state index contributed by atoms with van der Waals surface area (Å²) in [5.41, 5.74) is 3.20. The fraction of sp³-hybridized carbons (Fsp3) is 0.143. The Bertz CT molecular complexity index is 655. The van der Waals surface area contributed by atoms with E-state index in [2.05, 4.69) is 26.5 Å². The Balaban J connectivity index is 1.83. The summed E-state index contributed by atoms with van der Waals surface area (Å²) in [4.78, 5) is 12.6. The average Bonchev–Trinajstić information content (AvgIpc) is 2.91. The van der Waals surface area contributed by atoms with Gasteiger partial charge < -0.3 is 4.74 Å². The van der Waals surface area contributed by atoms with Crippen molar-refractivity contribution in [3.63, 3.8) is 0 Å². The number of ether oxygens (including phenoxy) is 1. The Kier molecular flexibility index (Phi) is 5.78. The molecule has 110 valence electrons. The molecule has 0 atom stereocenters. The Labute approximate surface area is 139 Å². The number of nitrogens with zero attached hydrogens (tertiary/aromatic N) is 1. The molecule has 0 aliphatic carbocycles. The van der Waals surface area contributed by atoms with Crippen molar-refractivity contribution in [3.05, 3.63) is 50.1 Å². The molecule has 0 fully saturated rings. The monoisotopic (exact) mass is 386 g/mol. The highest BCUT2D eigenvalue weighted by Gasteiger charge is 2.04. The van der Waals surface area contributed by atoms with Gasteiger partial charge in [-0.2, -0.15) is 5.10 Å². The minimum absolute atomic E-state index is 0.105. The van der Waals surface area contributed by atoms with Gasteiger partial charge in [-0.25, -0.2) is 5.43 Å². The molecule has 0 bridgehead atoms. The van der Waals surface area contributed by atoms with Gasteiger partial charge in [-0.05, 0) is 59.3 Å². The lowest BCUT2D eigenvalue weighted by Gasteiger charge is -2.05. The molecule has 0 spiro atoms. The minimum atomic E-state index is -0.320. The highest BCUT2D eigenvalue weighted by Crippen LogP contribution is 2.22. The number of nitrogens with one attached hydrogen (secondary N) is 1. The van der Waals surface area contributed by atoms with E-state index < -0.39 is 0 Å². The number of hydrogen-bond acceptors (Lipinski definition) is 4. The van der Waals surface area contributed by atoms with Crippen LogP contribution in [0.5, 0.6) is 5.75 Å². The summed E-state index contributed by atoms with van der Waals surface area (Å²) < 4.78 is 6.34. The third-order valence-corrected chi connectivity index (χ3v) is 4.45. The number of halogens is 2. The number of amides is 1. The Morgan fingerprint density at radius 2 is 2.05 bits per heavy atom. The second kappa shape index (κ2) is 7.59. The SMILES string of the molecule is C/C(=N/NC(=O)COc1ccc(Cl)cc1)c1ccc(Br)s1. The summed E-state index contributed by atoms with van der Waals surface area (Å²) in [5.74, 6) is 0.261. The van der Waals surface area contributed by atoms with Crippen molar-refractivity contribution in [2.75, 3.05) is 6.61 Å². The zero-order valence-corrected chi connectivity index (χ0v) is 14.3. The molecule has 0 aliphatic rings. The largest absolute Gasteiger partial charge is 0.484 e. The lowest BCUT2D eigenvalue weighted by molar-refractivity contribution is -0.123. The zero-order valence-electron chi connectivity index (χ0n) is 11.1. The van der Waals surface area contributed by atoms with E-state index in [-0.39, 0.29) is 12.5 Å². The summed E-state index contributed by atoms with van der Waals surface area (Å²) in [6.45, 7) is 1.73. The van der Waals surface area contributed by atoms with Gasteiger partial charge in [-0.3, -0.25) is 4.79 Å². The molecule has 21 heavy (non-hydrogen) atoms. The maximum atomic E-state index is 11.6. The van der Waals surface area contributed by atoms with Crippen molar-refractivity contribution in [3.8, 4) is 5.75 Å². The molecule has 1 aromatic heterocycles. The fourth-order valence-electron chi connectivity index (χ4n) is 1.42. The summed E-state index contributed by atoms with van der Waals surface area (Å²) in [5, 5.41) is 4.66. The van der Waals surface area contributed by atoms with Crippen LogP contribution < -0.4 is 10.2 Å². The van der Waals surface area contributed by atoms with Crippen molar-refractivity contribution in [1.29, 1.82) is 0 Å². The first-order chi connectivity index (χ1) is 10.0. The smallest absolute Gasteiger partial charge is 0.277 e. The van der Waals surface area contributed by atoms with Crippen LogP contribution in [0.1, 0.15) is 11.8 Å². The van der Waals surface area contributed by atoms with Crippen molar-refractivity contribution in [2.45, 2.75) is 6.92 Å². The van der Waals surface area contributed by atoms with Crippen LogP contribution in [0.4, 0.5) is 0 Å². The predicted molar refractivity (Wildman–Crippen MR) is 89.3 cm³/mol. The van der Waals surface area contributed by atoms with Gasteiger partial charge in [0, 0.05) is 5.02 Å². The number of hydrazone groups is 1. The highest BCUT2D eigenvalue weighted by atomic mass is 79.9. The maximum Gasteiger partial charge on any atom is 0.277 e. The molecule has 0 unspecified atom stereocenters.